The molecule has 0 unspecified atom stereocenters. The molecule has 0 spiro atoms. The second kappa shape index (κ2) is 4.06. The number of nitrogens with zero attached hydrogens (tertiary/aromatic N) is 3. The van der Waals surface area contributed by atoms with Gasteiger partial charge in [-0.3, -0.25) is 9.78 Å². The number of aryl methyl sites for hydroxylation is 1. The van der Waals surface area contributed by atoms with Crippen molar-refractivity contribution in [3.8, 4) is 0 Å². The second-order valence-electron chi connectivity index (χ2n) is 3.13. The molecule has 0 saturated carbocycles. The molecule has 2 aromatic heterocycles. The zero-order chi connectivity index (χ0) is 9.80. The average molecular weight is 191 g/mol. The molecule has 0 fully saturated rings. The van der Waals surface area contributed by atoms with E-state index in [1.54, 1.807) is 12.4 Å². The van der Waals surface area contributed by atoms with Crippen molar-refractivity contribution in [2.24, 2.45) is 7.05 Å². The summed E-state index contributed by atoms with van der Waals surface area (Å²) in [5, 5.41) is 14.2. The zero-order valence-corrected chi connectivity index (χ0v) is 8.07. The van der Waals surface area contributed by atoms with Crippen LogP contribution in [0.5, 0.6) is 0 Å². The molecule has 0 bridgehead atoms. The van der Waals surface area contributed by atoms with Crippen molar-refractivity contribution in [1.29, 1.82) is 0 Å². The van der Waals surface area contributed by atoms with Crippen LogP contribution in [-0.4, -0.2) is 20.0 Å². The Bertz CT molecular complexity index is 376. The fraction of sp³-hybridized carbons (Fsp3) is 0.333. The van der Waals surface area contributed by atoms with E-state index in [1.807, 2.05) is 23.9 Å². The molecule has 0 aliphatic rings. The SMILES string of the molecule is Cn1nccc1CNCc1ccn[nH]1. The summed E-state index contributed by atoms with van der Waals surface area (Å²) in [4.78, 5) is 0. The largest absolute Gasteiger partial charge is 0.306 e. The summed E-state index contributed by atoms with van der Waals surface area (Å²) in [6, 6.07) is 3.95. The maximum Gasteiger partial charge on any atom is 0.0518 e. The molecule has 2 aromatic rings. The summed E-state index contributed by atoms with van der Waals surface area (Å²) in [5.41, 5.74) is 2.26. The minimum atomic E-state index is 0.797. The van der Waals surface area contributed by atoms with Gasteiger partial charge in [0.05, 0.1) is 5.69 Å². The molecule has 2 N–H and O–H groups in total. The van der Waals surface area contributed by atoms with E-state index in [1.165, 1.54) is 5.69 Å². The van der Waals surface area contributed by atoms with E-state index in [4.69, 9.17) is 0 Å². The van der Waals surface area contributed by atoms with Gasteiger partial charge in [0.1, 0.15) is 0 Å². The van der Waals surface area contributed by atoms with E-state index in [9.17, 15) is 0 Å². The summed E-state index contributed by atoms with van der Waals surface area (Å²) in [5.74, 6) is 0. The lowest BCUT2D eigenvalue weighted by Crippen LogP contribution is -2.15. The smallest absolute Gasteiger partial charge is 0.0518 e. The molecule has 5 nitrogen and oxygen atoms in total. The number of rotatable bonds is 4. The molecule has 74 valence electrons. The molecule has 0 aromatic carbocycles. The Hall–Kier alpha value is -1.62. The molecular weight excluding hydrogens is 178 g/mol. The van der Waals surface area contributed by atoms with Crippen LogP contribution in [0.2, 0.25) is 0 Å². The number of hydrogen-bond donors (Lipinski definition) is 2. The Morgan fingerprint density at radius 1 is 1.36 bits per heavy atom. The zero-order valence-electron chi connectivity index (χ0n) is 8.07. The maximum atomic E-state index is 4.09. The van der Waals surface area contributed by atoms with E-state index in [0.717, 1.165) is 18.8 Å². The van der Waals surface area contributed by atoms with E-state index >= 15 is 0 Å². The van der Waals surface area contributed by atoms with Crippen LogP contribution in [0.1, 0.15) is 11.4 Å². The fourth-order valence-corrected chi connectivity index (χ4v) is 1.28. The number of nitrogens with one attached hydrogen (secondary N) is 2. The van der Waals surface area contributed by atoms with Crippen LogP contribution in [0.25, 0.3) is 0 Å². The monoisotopic (exact) mass is 191 g/mol. The first-order chi connectivity index (χ1) is 6.86. The number of aromatic amines is 1. The Balaban J connectivity index is 1.81. The summed E-state index contributed by atoms with van der Waals surface area (Å²) in [6.45, 7) is 1.61. The van der Waals surface area contributed by atoms with Crippen LogP contribution in [0.3, 0.4) is 0 Å². The van der Waals surface area contributed by atoms with E-state index in [2.05, 4.69) is 20.6 Å². The number of hydrogen-bond acceptors (Lipinski definition) is 3. The first-order valence-electron chi connectivity index (χ1n) is 4.52. The van der Waals surface area contributed by atoms with Crippen molar-refractivity contribution in [3.05, 3.63) is 35.9 Å². The van der Waals surface area contributed by atoms with Gasteiger partial charge in [0.2, 0.25) is 0 Å². The van der Waals surface area contributed by atoms with Gasteiger partial charge in [-0.2, -0.15) is 10.2 Å². The molecule has 0 aliphatic carbocycles. The number of H-pyrrole nitrogens is 1. The van der Waals surface area contributed by atoms with Gasteiger partial charge in [-0.25, -0.2) is 0 Å². The normalized spacial score (nSPS) is 10.6. The van der Waals surface area contributed by atoms with Crippen LogP contribution in [0, 0.1) is 0 Å². The Kier molecular flexibility index (Phi) is 2.60. The lowest BCUT2D eigenvalue weighted by atomic mass is 10.4. The van der Waals surface area contributed by atoms with Crippen LogP contribution in [0.15, 0.2) is 24.5 Å². The maximum absolute atomic E-state index is 4.09. The summed E-state index contributed by atoms with van der Waals surface area (Å²) in [6.07, 6.45) is 3.55. The van der Waals surface area contributed by atoms with Crippen LogP contribution >= 0.6 is 0 Å². The minimum Gasteiger partial charge on any atom is -0.306 e. The molecule has 2 heterocycles. The number of aromatic nitrogens is 4. The third kappa shape index (κ3) is 2.00. The second-order valence-corrected chi connectivity index (χ2v) is 3.13. The van der Waals surface area contributed by atoms with Crippen LogP contribution in [-0.2, 0) is 20.1 Å². The van der Waals surface area contributed by atoms with Crippen molar-refractivity contribution < 1.29 is 0 Å². The van der Waals surface area contributed by atoms with E-state index in [-0.39, 0.29) is 0 Å². The van der Waals surface area contributed by atoms with Crippen molar-refractivity contribution in [1.82, 2.24) is 25.3 Å². The Morgan fingerprint density at radius 2 is 2.29 bits per heavy atom. The van der Waals surface area contributed by atoms with Gasteiger partial charge < -0.3 is 5.32 Å². The highest BCUT2D eigenvalue weighted by Crippen LogP contribution is 1.96. The standard InChI is InChI=1S/C9H13N5/c1-14-9(3-5-12-14)7-10-6-8-2-4-11-13-8/h2-5,10H,6-7H2,1H3,(H,11,13). The Labute approximate surface area is 82.1 Å². The molecule has 2 rings (SSSR count). The summed E-state index contributed by atoms with van der Waals surface area (Å²) >= 11 is 0. The van der Waals surface area contributed by atoms with Crippen molar-refractivity contribution in [2.75, 3.05) is 0 Å². The van der Waals surface area contributed by atoms with Crippen molar-refractivity contribution in [2.45, 2.75) is 13.1 Å². The highest BCUT2D eigenvalue weighted by atomic mass is 15.3. The van der Waals surface area contributed by atoms with E-state index in [0.29, 0.717) is 0 Å². The molecule has 5 heteroatoms. The topological polar surface area (TPSA) is 58.5 Å². The van der Waals surface area contributed by atoms with Crippen LogP contribution in [0.4, 0.5) is 0 Å². The third-order valence-corrected chi connectivity index (χ3v) is 2.10. The predicted molar refractivity (Wildman–Crippen MR) is 52.3 cm³/mol. The quantitative estimate of drug-likeness (QED) is 0.737. The fourth-order valence-electron chi connectivity index (χ4n) is 1.28. The van der Waals surface area contributed by atoms with Gasteiger partial charge in [-0.1, -0.05) is 0 Å². The minimum absolute atomic E-state index is 0.797. The van der Waals surface area contributed by atoms with Crippen molar-refractivity contribution in [3.63, 3.8) is 0 Å². The highest BCUT2D eigenvalue weighted by molar-refractivity contribution is 5.01. The summed E-state index contributed by atoms with van der Waals surface area (Å²) < 4.78 is 1.86. The first-order valence-corrected chi connectivity index (χ1v) is 4.52. The molecule has 0 amide bonds. The lowest BCUT2D eigenvalue weighted by Gasteiger charge is -2.03. The van der Waals surface area contributed by atoms with Gasteiger partial charge in [0.25, 0.3) is 0 Å². The first kappa shape index (κ1) is 8.96. The molecule has 0 radical (unpaired) electrons. The third-order valence-electron chi connectivity index (χ3n) is 2.10. The molecular formula is C9H13N5. The molecule has 0 aliphatic heterocycles. The lowest BCUT2D eigenvalue weighted by molar-refractivity contribution is 0.619. The molecule has 14 heavy (non-hydrogen) atoms. The van der Waals surface area contributed by atoms with Gasteiger partial charge >= 0.3 is 0 Å². The van der Waals surface area contributed by atoms with Crippen molar-refractivity contribution >= 4 is 0 Å². The van der Waals surface area contributed by atoms with Gasteiger partial charge in [0, 0.05) is 38.2 Å². The highest BCUT2D eigenvalue weighted by Gasteiger charge is 1.97. The van der Waals surface area contributed by atoms with Crippen LogP contribution < -0.4 is 5.32 Å². The average Bonchev–Trinajstić information content (AvgIpc) is 2.78. The van der Waals surface area contributed by atoms with Gasteiger partial charge in [0.15, 0.2) is 0 Å². The van der Waals surface area contributed by atoms with Gasteiger partial charge in [-0.05, 0) is 12.1 Å². The van der Waals surface area contributed by atoms with Gasteiger partial charge in [-0.15, -0.1) is 0 Å². The molecule has 0 saturated heterocycles. The summed E-state index contributed by atoms with van der Waals surface area (Å²) in [7, 11) is 1.94. The van der Waals surface area contributed by atoms with E-state index < -0.39 is 0 Å². The predicted octanol–water partition coefficient (Wildman–Crippen LogP) is 0.433. The molecule has 0 atom stereocenters. The Morgan fingerprint density at radius 3 is 2.93 bits per heavy atom.